The molecule has 11 rings (SSSR count). The molecule has 0 N–H and O–H groups in total. The zero-order valence-corrected chi connectivity index (χ0v) is 37.2. The number of aromatic nitrogens is 4. The molecule has 10 aromatic rings. The van der Waals surface area contributed by atoms with Gasteiger partial charge in [0.15, 0.2) is 0 Å². The Kier molecular flexibility index (Phi) is 9.54. The maximum atomic E-state index is 6.74. The van der Waals surface area contributed by atoms with Crippen molar-refractivity contribution in [2.24, 2.45) is 0 Å². The van der Waals surface area contributed by atoms with Gasteiger partial charge in [0, 0.05) is 6.20 Å². The monoisotopic (exact) mass is 983 g/mol. The van der Waals surface area contributed by atoms with E-state index in [4.69, 9.17) is 9.72 Å². The Morgan fingerprint density at radius 1 is 0.565 bits per heavy atom. The van der Waals surface area contributed by atoms with E-state index in [2.05, 4.69) is 205 Å². The number of aryl methyl sites for hydroxylation is 2. The van der Waals surface area contributed by atoms with Gasteiger partial charge >= 0.3 is 294 Å². The van der Waals surface area contributed by atoms with Crippen LogP contribution in [-0.4, -0.2) is 18.7 Å². The molecule has 3 aromatic heterocycles. The number of ether oxygens (including phenoxy) is 1. The summed E-state index contributed by atoms with van der Waals surface area (Å²) < 4.78 is 14.7. The molecule has 0 atom stereocenters. The van der Waals surface area contributed by atoms with Crippen molar-refractivity contribution in [1.82, 2.24) is 18.7 Å². The fraction of sp³-hybridized carbons (Fsp3) is 0.143. The van der Waals surface area contributed by atoms with Gasteiger partial charge in [0.25, 0.3) is 0 Å². The predicted octanol–water partition coefficient (Wildman–Crippen LogP) is 13.9. The normalized spacial score (nSPS) is 12.9. The van der Waals surface area contributed by atoms with E-state index in [1.807, 2.05) is 24.4 Å². The zero-order valence-electron chi connectivity index (χ0n) is 34.9. The molecule has 0 spiro atoms. The summed E-state index contributed by atoms with van der Waals surface area (Å²) in [7, 11) is 0. The van der Waals surface area contributed by atoms with E-state index in [1.165, 1.54) is 34.9 Å². The van der Waals surface area contributed by atoms with E-state index in [0.717, 1.165) is 83.5 Å². The minimum atomic E-state index is -0.0217. The molecule has 0 aliphatic heterocycles. The molecular weight excluding hydrogens is 940 g/mol. The van der Waals surface area contributed by atoms with Crippen molar-refractivity contribution in [3.63, 3.8) is 0 Å². The fourth-order valence-electron chi connectivity index (χ4n) is 9.24. The van der Waals surface area contributed by atoms with Crippen LogP contribution in [0, 0.1) is 15.9 Å². The van der Waals surface area contributed by atoms with E-state index >= 15 is 0 Å². The Hall–Kier alpha value is -6.55. The molecule has 1 aliphatic rings. The van der Waals surface area contributed by atoms with Crippen LogP contribution in [-0.2, 0) is 37.6 Å². The van der Waals surface area contributed by atoms with Crippen LogP contribution in [0.5, 0.6) is 11.5 Å². The summed E-state index contributed by atoms with van der Waals surface area (Å²) in [5.41, 5.74) is 15.0. The summed E-state index contributed by atoms with van der Waals surface area (Å²) in [6.45, 7) is 6.75. The summed E-state index contributed by atoms with van der Waals surface area (Å²) in [6.07, 6.45) is 6.63. The average Bonchev–Trinajstić information content (AvgIpc) is 3.78. The standard InChI is InChI=1S/C56H44N4O.Pt/c1-56(2,3)42-30-31-57-54(34-42)60-52-33-41-21-11-10-20-40(41)32-49(52)48-29-28-45(36-53(48)60)61-44-23-14-22-43(35-44)58-37-59(51-27-13-12-26-50(51)58)55-46(38-16-6-4-7-17-38)24-15-25-47(55)39-18-8-5-9-19-39;/h4-9,12-19,22-34H,10-11,20-21H2,1-3H3;/q-2;. The van der Waals surface area contributed by atoms with Gasteiger partial charge in [-0.05, 0) is 53.9 Å². The quantitative estimate of drug-likeness (QED) is 0.149. The topological polar surface area (TPSA) is 36.9 Å². The van der Waals surface area contributed by atoms with Gasteiger partial charge in [0.1, 0.15) is 0 Å². The van der Waals surface area contributed by atoms with Gasteiger partial charge < -0.3 is 0 Å². The first-order chi connectivity index (χ1) is 30.3. The number of hydrogen-bond donors (Lipinski definition) is 0. The molecule has 0 unspecified atom stereocenters. The van der Waals surface area contributed by atoms with Crippen LogP contribution in [0.15, 0.2) is 164 Å². The first kappa shape index (κ1) is 38.4. The molecule has 1 aliphatic carbocycles. The Bertz CT molecular complexity index is 3330. The van der Waals surface area contributed by atoms with Crippen molar-refractivity contribution in [3.05, 3.63) is 197 Å². The van der Waals surface area contributed by atoms with Gasteiger partial charge in [-0.3, -0.25) is 0 Å². The number of benzene rings is 7. The third-order valence-electron chi connectivity index (χ3n) is 12.3. The zero-order chi connectivity index (χ0) is 42.0. The summed E-state index contributed by atoms with van der Waals surface area (Å²) in [5.74, 6) is 2.12. The van der Waals surface area contributed by atoms with Crippen LogP contribution in [0.4, 0.5) is 0 Å². The molecule has 0 radical (unpaired) electrons. The first-order valence-electron chi connectivity index (χ1n) is 21.4. The summed E-state index contributed by atoms with van der Waals surface area (Å²) in [5, 5.41) is 2.37. The minimum absolute atomic E-state index is 0.0217. The molecule has 306 valence electrons. The Morgan fingerprint density at radius 3 is 1.89 bits per heavy atom. The van der Waals surface area contributed by atoms with Gasteiger partial charge in [-0.2, -0.15) is 0 Å². The molecule has 0 fully saturated rings. The number of nitrogens with zero attached hydrogens (tertiary/aromatic N) is 4. The number of para-hydroxylation sites is 3. The van der Waals surface area contributed by atoms with E-state index in [1.54, 1.807) is 0 Å². The minimum Gasteiger partial charge on any atom is -0.0489 e. The molecule has 62 heavy (non-hydrogen) atoms. The van der Waals surface area contributed by atoms with Gasteiger partial charge in [0.05, 0.1) is 0 Å². The molecule has 0 amide bonds. The summed E-state index contributed by atoms with van der Waals surface area (Å²) in [6, 6.07) is 63.5. The number of pyridine rings is 1. The molecule has 7 aromatic carbocycles. The van der Waals surface area contributed by atoms with Crippen LogP contribution in [0.1, 0.15) is 50.3 Å². The second kappa shape index (κ2) is 15.4. The fourth-order valence-corrected chi connectivity index (χ4v) is 10.3. The molecule has 0 bridgehead atoms. The SMILES string of the molecule is CC(C)(C)c1ccnc(-n2c3[c-]c(Oc4[c-]c(-n5[c](=[Pt])n(-c6c(-c7ccccc7)cccc6-c6ccccc6)c6ccccc65)ccc4)ccc3c3cc4c(cc32)CCCC4)c1. The third kappa shape index (κ3) is 6.67. The first-order valence-corrected chi connectivity index (χ1v) is 22.6. The third-order valence-corrected chi connectivity index (χ3v) is 13.3. The van der Waals surface area contributed by atoms with Gasteiger partial charge in [0.2, 0.25) is 0 Å². The Morgan fingerprint density at radius 2 is 1.19 bits per heavy atom. The van der Waals surface area contributed by atoms with Crippen LogP contribution in [0.3, 0.4) is 0 Å². The van der Waals surface area contributed by atoms with Crippen molar-refractivity contribution in [2.75, 3.05) is 0 Å². The Balaban J connectivity index is 1.05. The van der Waals surface area contributed by atoms with Crippen molar-refractivity contribution in [1.29, 1.82) is 0 Å². The van der Waals surface area contributed by atoms with Crippen LogP contribution < -0.4 is 4.74 Å². The predicted molar refractivity (Wildman–Crippen MR) is 248 cm³/mol. The Labute approximate surface area is 372 Å². The maximum absolute atomic E-state index is 6.74. The van der Waals surface area contributed by atoms with Crippen LogP contribution in [0.2, 0.25) is 0 Å². The van der Waals surface area contributed by atoms with Gasteiger partial charge in [-0.15, -0.1) is 0 Å². The number of fused-ring (bicyclic) bond motifs is 5. The van der Waals surface area contributed by atoms with E-state index in [0.29, 0.717) is 11.5 Å². The number of imidazole rings is 1. The van der Waals surface area contributed by atoms with Crippen molar-refractivity contribution >= 4 is 32.8 Å². The molecule has 0 saturated heterocycles. The van der Waals surface area contributed by atoms with Crippen molar-refractivity contribution in [3.8, 4) is 50.9 Å². The summed E-state index contributed by atoms with van der Waals surface area (Å²) >= 11 is 2.48. The van der Waals surface area contributed by atoms with Gasteiger partial charge in [-0.1, -0.05) is 20.8 Å². The number of rotatable bonds is 7. The van der Waals surface area contributed by atoms with Crippen LogP contribution >= 0.6 is 0 Å². The second-order valence-corrected chi connectivity index (χ2v) is 18.3. The average molecular weight is 984 g/mol. The van der Waals surface area contributed by atoms with Crippen LogP contribution in [0.25, 0.3) is 72.3 Å². The van der Waals surface area contributed by atoms with E-state index in [9.17, 15) is 0 Å². The van der Waals surface area contributed by atoms with E-state index in [-0.39, 0.29) is 5.41 Å². The van der Waals surface area contributed by atoms with Crippen molar-refractivity contribution < 1.29 is 24.1 Å². The molecule has 6 heteroatoms. The number of hydrogen-bond acceptors (Lipinski definition) is 2. The van der Waals surface area contributed by atoms with Crippen molar-refractivity contribution in [2.45, 2.75) is 51.9 Å². The smallest absolute Gasteiger partial charge is 0.0489 e. The second-order valence-electron chi connectivity index (χ2n) is 17.3. The molecular formula is C56H44N4OPt-2. The van der Waals surface area contributed by atoms with E-state index < -0.39 is 0 Å². The molecule has 5 nitrogen and oxygen atoms in total. The van der Waals surface area contributed by atoms with Gasteiger partial charge in [-0.25, -0.2) is 0 Å². The molecule has 3 heterocycles. The molecule has 0 saturated carbocycles. The summed E-state index contributed by atoms with van der Waals surface area (Å²) in [4.78, 5) is 4.96.